The molecule has 1 atom stereocenters. The first-order valence-electron chi connectivity index (χ1n) is 11.5. The van der Waals surface area contributed by atoms with E-state index in [-0.39, 0.29) is 24.3 Å². The number of carbonyl (C=O) groups excluding carboxylic acids is 1. The molecule has 0 bridgehead atoms. The number of hydrogen-bond donors (Lipinski definition) is 0. The van der Waals surface area contributed by atoms with Crippen molar-refractivity contribution < 1.29 is 18.0 Å². The van der Waals surface area contributed by atoms with Gasteiger partial charge in [0.05, 0.1) is 11.1 Å². The van der Waals surface area contributed by atoms with Crippen molar-refractivity contribution in [2.24, 2.45) is 5.92 Å². The van der Waals surface area contributed by atoms with Gasteiger partial charge < -0.3 is 0 Å². The lowest BCUT2D eigenvalue weighted by Gasteiger charge is -2.20. The van der Waals surface area contributed by atoms with Gasteiger partial charge in [0.25, 0.3) is 0 Å². The van der Waals surface area contributed by atoms with Crippen molar-refractivity contribution in [3.05, 3.63) is 94.1 Å². The standard InChI is InChI=1S/C28H26F3N3O/c1-19-9-10-34(16-19)17-25-8-4-21(11-26(25)28(29,30)31)12-27(35)24-6-3-20(2)23(13-24)7-5-22-14-32-18-33-15-22/h3-4,6,8,11,13-15,18-19H,9-10,12,16-17H2,1-2H3/t19-/m0/s1. The molecular formula is C28H26F3N3O. The summed E-state index contributed by atoms with van der Waals surface area (Å²) < 4.78 is 41.5. The highest BCUT2D eigenvalue weighted by Gasteiger charge is 2.34. The Balaban J connectivity index is 1.54. The molecule has 1 aromatic heterocycles. The van der Waals surface area contributed by atoms with Crippen LogP contribution in [0.2, 0.25) is 0 Å². The summed E-state index contributed by atoms with van der Waals surface area (Å²) >= 11 is 0. The highest BCUT2D eigenvalue weighted by Crippen LogP contribution is 2.34. The topological polar surface area (TPSA) is 46.1 Å². The van der Waals surface area contributed by atoms with Gasteiger partial charge >= 0.3 is 6.18 Å². The summed E-state index contributed by atoms with van der Waals surface area (Å²) in [5.41, 5.74) is 2.55. The van der Waals surface area contributed by atoms with Crippen LogP contribution in [0.25, 0.3) is 0 Å². The molecule has 1 saturated heterocycles. The van der Waals surface area contributed by atoms with Crippen molar-refractivity contribution in [1.29, 1.82) is 0 Å². The van der Waals surface area contributed by atoms with Crippen LogP contribution in [0.3, 0.4) is 0 Å². The fraction of sp³-hybridized carbons (Fsp3) is 0.321. The summed E-state index contributed by atoms with van der Waals surface area (Å²) in [7, 11) is 0. The number of halogens is 3. The molecule has 0 amide bonds. The van der Waals surface area contributed by atoms with E-state index in [1.54, 1.807) is 36.7 Å². The zero-order valence-corrected chi connectivity index (χ0v) is 19.7. The minimum Gasteiger partial charge on any atom is -0.299 e. The minimum absolute atomic E-state index is 0.118. The Labute approximate surface area is 203 Å². The number of rotatable bonds is 5. The fourth-order valence-electron chi connectivity index (χ4n) is 4.27. The Morgan fingerprint density at radius 1 is 1.11 bits per heavy atom. The molecular weight excluding hydrogens is 451 g/mol. The zero-order valence-electron chi connectivity index (χ0n) is 19.7. The number of ketones is 1. The summed E-state index contributed by atoms with van der Waals surface area (Å²) in [5.74, 6) is 6.22. The second kappa shape index (κ2) is 10.4. The molecule has 1 aliphatic heterocycles. The molecule has 0 spiro atoms. The van der Waals surface area contributed by atoms with Gasteiger partial charge in [-0.05, 0) is 54.6 Å². The third kappa shape index (κ3) is 6.34. The molecule has 0 saturated carbocycles. The number of carbonyl (C=O) groups is 1. The van der Waals surface area contributed by atoms with Gasteiger partial charge in [-0.15, -0.1) is 0 Å². The van der Waals surface area contributed by atoms with Crippen LogP contribution in [0.1, 0.15) is 57.1 Å². The number of alkyl halides is 3. The van der Waals surface area contributed by atoms with Crippen LogP contribution in [0.15, 0.2) is 55.1 Å². The highest BCUT2D eigenvalue weighted by molar-refractivity contribution is 5.98. The van der Waals surface area contributed by atoms with E-state index in [2.05, 4.69) is 33.6 Å². The maximum Gasteiger partial charge on any atom is 0.416 e. The minimum atomic E-state index is -4.48. The monoisotopic (exact) mass is 477 g/mol. The van der Waals surface area contributed by atoms with Crippen molar-refractivity contribution in [3.8, 4) is 11.8 Å². The second-order valence-corrected chi connectivity index (χ2v) is 9.13. The predicted octanol–water partition coefficient (Wildman–Crippen LogP) is 5.47. The highest BCUT2D eigenvalue weighted by atomic mass is 19.4. The van der Waals surface area contributed by atoms with Crippen LogP contribution < -0.4 is 0 Å². The van der Waals surface area contributed by atoms with E-state index in [9.17, 15) is 18.0 Å². The van der Waals surface area contributed by atoms with Crippen molar-refractivity contribution in [2.75, 3.05) is 13.1 Å². The smallest absolute Gasteiger partial charge is 0.299 e. The van der Waals surface area contributed by atoms with Crippen molar-refractivity contribution in [2.45, 2.75) is 39.4 Å². The van der Waals surface area contributed by atoms with Crippen LogP contribution in [-0.4, -0.2) is 33.7 Å². The Kier molecular flexibility index (Phi) is 7.32. The van der Waals surface area contributed by atoms with Crippen molar-refractivity contribution in [1.82, 2.24) is 14.9 Å². The molecule has 0 N–H and O–H groups in total. The summed E-state index contributed by atoms with van der Waals surface area (Å²) in [4.78, 5) is 22.9. The van der Waals surface area contributed by atoms with E-state index in [1.807, 2.05) is 6.92 Å². The van der Waals surface area contributed by atoms with Gasteiger partial charge in [-0.25, -0.2) is 9.97 Å². The second-order valence-electron chi connectivity index (χ2n) is 9.13. The predicted molar refractivity (Wildman–Crippen MR) is 128 cm³/mol. The van der Waals surface area contributed by atoms with Crippen LogP contribution in [0.4, 0.5) is 13.2 Å². The third-order valence-corrected chi connectivity index (χ3v) is 6.21. The molecule has 7 heteroatoms. The quantitative estimate of drug-likeness (QED) is 0.361. The number of aromatic nitrogens is 2. The van der Waals surface area contributed by atoms with Crippen LogP contribution in [-0.2, 0) is 19.1 Å². The molecule has 3 aromatic rings. The van der Waals surface area contributed by atoms with Gasteiger partial charge in [-0.3, -0.25) is 9.69 Å². The van der Waals surface area contributed by atoms with Crippen LogP contribution in [0, 0.1) is 24.7 Å². The number of hydrogen-bond acceptors (Lipinski definition) is 4. The van der Waals surface area contributed by atoms with Gasteiger partial charge in [0.15, 0.2) is 5.78 Å². The molecule has 0 radical (unpaired) electrons. The molecule has 1 aliphatic rings. The zero-order chi connectivity index (χ0) is 25.0. The van der Waals surface area contributed by atoms with E-state index in [4.69, 9.17) is 0 Å². The summed E-state index contributed by atoms with van der Waals surface area (Å²) in [5, 5.41) is 0. The SMILES string of the molecule is Cc1ccc(C(=O)Cc2ccc(CN3CC[C@H](C)C3)c(C(F)(F)F)c2)cc1C#Cc1cncnc1. The maximum absolute atomic E-state index is 13.8. The Morgan fingerprint density at radius 3 is 2.57 bits per heavy atom. The van der Waals surface area contributed by atoms with Gasteiger partial charge in [-0.2, -0.15) is 13.2 Å². The van der Waals surface area contributed by atoms with Gasteiger partial charge in [0.2, 0.25) is 0 Å². The Bertz CT molecular complexity index is 1280. The Morgan fingerprint density at radius 2 is 1.89 bits per heavy atom. The molecule has 4 nitrogen and oxygen atoms in total. The lowest BCUT2D eigenvalue weighted by atomic mass is 9.96. The molecule has 35 heavy (non-hydrogen) atoms. The molecule has 2 aromatic carbocycles. The molecule has 0 unspecified atom stereocenters. The van der Waals surface area contributed by atoms with Crippen molar-refractivity contribution in [3.63, 3.8) is 0 Å². The molecule has 4 rings (SSSR count). The third-order valence-electron chi connectivity index (χ3n) is 6.21. The maximum atomic E-state index is 13.8. The molecule has 0 aliphatic carbocycles. The van der Waals surface area contributed by atoms with Crippen molar-refractivity contribution >= 4 is 5.78 Å². The largest absolute Gasteiger partial charge is 0.416 e. The molecule has 2 heterocycles. The lowest BCUT2D eigenvalue weighted by molar-refractivity contribution is -0.138. The van der Waals surface area contributed by atoms with Crippen LogP contribution in [0.5, 0.6) is 0 Å². The number of nitrogens with zero attached hydrogens (tertiary/aromatic N) is 3. The average molecular weight is 478 g/mol. The van der Waals surface area contributed by atoms with Crippen LogP contribution >= 0.6 is 0 Å². The summed E-state index contributed by atoms with van der Waals surface area (Å²) in [6, 6.07) is 9.43. The number of likely N-dealkylation sites (tertiary alicyclic amines) is 1. The van der Waals surface area contributed by atoms with E-state index in [0.717, 1.165) is 31.1 Å². The number of benzene rings is 2. The summed E-state index contributed by atoms with van der Waals surface area (Å²) in [6.45, 7) is 5.86. The average Bonchev–Trinajstić information content (AvgIpc) is 3.24. The normalized spacial score (nSPS) is 16.1. The first kappa shape index (κ1) is 24.6. The lowest BCUT2D eigenvalue weighted by Crippen LogP contribution is -2.22. The number of aryl methyl sites for hydroxylation is 1. The Hall–Kier alpha value is -3.50. The van der Waals surface area contributed by atoms with Gasteiger partial charge in [0, 0.05) is 43.0 Å². The van der Waals surface area contributed by atoms with E-state index in [0.29, 0.717) is 28.2 Å². The van der Waals surface area contributed by atoms with E-state index >= 15 is 0 Å². The first-order chi connectivity index (χ1) is 16.7. The van der Waals surface area contributed by atoms with E-state index in [1.165, 1.54) is 12.4 Å². The van der Waals surface area contributed by atoms with Gasteiger partial charge in [-0.1, -0.05) is 43.0 Å². The van der Waals surface area contributed by atoms with E-state index < -0.39 is 11.7 Å². The first-order valence-corrected chi connectivity index (χ1v) is 11.5. The summed E-state index contributed by atoms with van der Waals surface area (Å²) in [6.07, 6.45) is 1.00. The molecule has 180 valence electrons. The fourth-order valence-corrected chi connectivity index (χ4v) is 4.27. The van der Waals surface area contributed by atoms with Gasteiger partial charge in [0.1, 0.15) is 6.33 Å². The number of Topliss-reactive ketones (excluding diaryl/α,β-unsaturated/α-hetero) is 1. The molecule has 1 fully saturated rings.